The van der Waals surface area contributed by atoms with Gasteiger partial charge in [0.25, 0.3) is 0 Å². The molecule has 128 valence electrons. The lowest BCUT2D eigenvalue weighted by Gasteiger charge is -2.26. The van der Waals surface area contributed by atoms with Gasteiger partial charge in [-0.3, -0.25) is 4.79 Å². The smallest absolute Gasteiger partial charge is 0.162 e. The van der Waals surface area contributed by atoms with Crippen molar-refractivity contribution < 1.29 is 9.53 Å². The van der Waals surface area contributed by atoms with Gasteiger partial charge in [-0.05, 0) is 12.1 Å². The van der Waals surface area contributed by atoms with E-state index in [0.717, 1.165) is 5.56 Å². The Labute approximate surface area is 150 Å². The number of ether oxygens (including phenoxy) is 1. The van der Waals surface area contributed by atoms with E-state index in [9.17, 15) is 4.79 Å². The number of Topliss-reactive ketones (excluding diaryl/α,β-unsaturated/α-hetero) is 1. The second-order valence-electron chi connectivity index (χ2n) is 7.05. The van der Waals surface area contributed by atoms with E-state index < -0.39 is 11.5 Å². The third-order valence-corrected chi connectivity index (χ3v) is 4.68. The highest BCUT2D eigenvalue weighted by atomic mass is 35.5. The quantitative estimate of drug-likeness (QED) is 0.814. The van der Waals surface area contributed by atoms with Crippen molar-refractivity contribution >= 4 is 29.0 Å². The first kappa shape index (κ1) is 17.2. The molecule has 0 saturated carbocycles. The maximum absolute atomic E-state index is 12.9. The number of fused-ring (bicyclic) bond motifs is 1. The maximum atomic E-state index is 12.9. The summed E-state index contributed by atoms with van der Waals surface area (Å²) in [5, 5.41) is 5.29. The predicted molar refractivity (Wildman–Crippen MR) is 92.7 cm³/mol. The van der Waals surface area contributed by atoms with E-state index in [1.54, 1.807) is 23.1 Å². The van der Waals surface area contributed by atoms with Crippen LogP contribution in [-0.4, -0.2) is 26.7 Å². The van der Waals surface area contributed by atoms with E-state index in [4.69, 9.17) is 27.9 Å². The number of hydrogen-bond donors (Lipinski definition) is 0. The van der Waals surface area contributed by atoms with Crippen LogP contribution in [0.2, 0.25) is 10.0 Å². The summed E-state index contributed by atoms with van der Waals surface area (Å²) < 4.78 is 7.58. The zero-order valence-corrected chi connectivity index (χ0v) is 15.3. The van der Waals surface area contributed by atoms with Gasteiger partial charge >= 0.3 is 0 Å². The Balaban J connectivity index is 1.83. The number of aromatic nitrogens is 3. The number of benzene rings is 1. The lowest BCUT2D eigenvalue weighted by atomic mass is 9.84. The molecule has 2 unspecified atom stereocenters. The molecule has 0 bridgehead atoms. The Bertz CT molecular complexity index is 754. The minimum Gasteiger partial charge on any atom is -0.490 e. The normalized spacial score (nSPS) is 18.1. The molecule has 1 aromatic carbocycles. The SMILES string of the molecule is CC(C)(C)C(=O)C(CC1Cc2c(Cl)cc(Cl)cc2O1)n1cncn1. The number of rotatable bonds is 4. The molecule has 0 N–H and O–H groups in total. The molecule has 2 heterocycles. The maximum Gasteiger partial charge on any atom is 0.162 e. The number of hydrogen-bond acceptors (Lipinski definition) is 4. The Morgan fingerprint density at radius 3 is 2.79 bits per heavy atom. The summed E-state index contributed by atoms with van der Waals surface area (Å²) in [5.41, 5.74) is 0.454. The molecule has 24 heavy (non-hydrogen) atoms. The molecular weight excluding hydrogens is 349 g/mol. The fourth-order valence-electron chi connectivity index (χ4n) is 2.93. The van der Waals surface area contributed by atoms with Gasteiger partial charge in [0.1, 0.15) is 30.5 Å². The van der Waals surface area contributed by atoms with Gasteiger partial charge < -0.3 is 4.74 Å². The Morgan fingerprint density at radius 1 is 1.42 bits per heavy atom. The molecule has 2 aromatic rings. The van der Waals surface area contributed by atoms with Crippen molar-refractivity contribution in [3.63, 3.8) is 0 Å². The molecule has 1 aromatic heterocycles. The third kappa shape index (κ3) is 3.42. The molecule has 0 saturated heterocycles. The van der Waals surface area contributed by atoms with Gasteiger partial charge in [0.05, 0.1) is 0 Å². The molecule has 3 rings (SSSR count). The van der Waals surface area contributed by atoms with Crippen LogP contribution in [0.1, 0.15) is 38.8 Å². The van der Waals surface area contributed by atoms with Gasteiger partial charge in [0.15, 0.2) is 5.78 Å². The summed E-state index contributed by atoms with van der Waals surface area (Å²) in [4.78, 5) is 16.8. The van der Waals surface area contributed by atoms with Gasteiger partial charge in [-0.2, -0.15) is 5.10 Å². The van der Waals surface area contributed by atoms with E-state index in [0.29, 0.717) is 28.6 Å². The first-order valence-corrected chi connectivity index (χ1v) is 8.54. The minimum absolute atomic E-state index is 0.0942. The molecule has 7 heteroatoms. The summed E-state index contributed by atoms with van der Waals surface area (Å²) in [6.45, 7) is 5.71. The second-order valence-corrected chi connectivity index (χ2v) is 7.89. The highest BCUT2D eigenvalue weighted by Crippen LogP contribution is 2.39. The van der Waals surface area contributed by atoms with Crippen LogP contribution in [0.4, 0.5) is 0 Å². The van der Waals surface area contributed by atoms with Crippen molar-refractivity contribution in [1.82, 2.24) is 14.8 Å². The number of nitrogens with zero attached hydrogens (tertiary/aromatic N) is 3. The fourth-order valence-corrected chi connectivity index (χ4v) is 3.48. The molecule has 2 atom stereocenters. The van der Waals surface area contributed by atoms with Crippen molar-refractivity contribution in [3.05, 3.63) is 40.4 Å². The zero-order chi connectivity index (χ0) is 17.5. The summed E-state index contributed by atoms with van der Waals surface area (Å²) in [5.74, 6) is 0.787. The van der Waals surface area contributed by atoms with Crippen LogP contribution in [0.15, 0.2) is 24.8 Å². The van der Waals surface area contributed by atoms with Crippen LogP contribution in [0, 0.1) is 5.41 Å². The van der Waals surface area contributed by atoms with Crippen LogP contribution in [-0.2, 0) is 11.2 Å². The predicted octanol–water partition coefficient (Wildman–Crippen LogP) is 4.14. The van der Waals surface area contributed by atoms with Crippen LogP contribution in [0.25, 0.3) is 0 Å². The Kier molecular flexibility index (Phi) is 4.58. The van der Waals surface area contributed by atoms with E-state index >= 15 is 0 Å². The highest BCUT2D eigenvalue weighted by Gasteiger charge is 2.36. The number of ketones is 1. The van der Waals surface area contributed by atoms with Crippen molar-refractivity contribution in [2.24, 2.45) is 5.41 Å². The topological polar surface area (TPSA) is 57.0 Å². The van der Waals surface area contributed by atoms with Crippen LogP contribution in [0.5, 0.6) is 5.75 Å². The largest absolute Gasteiger partial charge is 0.490 e. The molecule has 1 aliphatic rings. The Morgan fingerprint density at radius 2 is 2.17 bits per heavy atom. The molecule has 1 aliphatic heterocycles. The van der Waals surface area contributed by atoms with E-state index in [1.165, 1.54) is 6.33 Å². The van der Waals surface area contributed by atoms with Gasteiger partial charge in [0.2, 0.25) is 0 Å². The standard InChI is InChI=1S/C17H19Cl2N3O2/c1-17(2,3)16(23)14(22-9-20-8-21-22)7-11-6-12-13(19)4-10(18)5-15(12)24-11/h4-5,8-9,11,14H,6-7H2,1-3H3. The van der Waals surface area contributed by atoms with Crippen molar-refractivity contribution in [2.75, 3.05) is 0 Å². The van der Waals surface area contributed by atoms with E-state index in [2.05, 4.69) is 10.1 Å². The number of halogens is 2. The van der Waals surface area contributed by atoms with Crippen molar-refractivity contribution in [3.8, 4) is 5.75 Å². The molecular formula is C17H19Cl2N3O2. The first-order chi connectivity index (χ1) is 11.3. The number of carbonyl (C=O) groups excluding carboxylic acids is 1. The molecule has 0 aliphatic carbocycles. The monoisotopic (exact) mass is 367 g/mol. The van der Waals surface area contributed by atoms with Crippen LogP contribution >= 0.6 is 23.2 Å². The van der Waals surface area contributed by atoms with Crippen LogP contribution < -0.4 is 4.74 Å². The summed E-state index contributed by atoms with van der Waals surface area (Å²) in [6, 6.07) is 3.04. The zero-order valence-electron chi connectivity index (χ0n) is 13.8. The van der Waals surface area contributed by atoms with E-state index in [1.807, 2.05) is 20.8 Å². The highest BCUT2D eigenvalue weighted by molar-refractivity contribution is 6.35. The third-order valence-electron chi connectivity index (χ3n) is 4.13. The Hall–Kier alpha value is -1.59. The molecule has 0 spiro atoms. The minimum atomic E-state index is -0.483. The second kappa shape index (κ2) is 6.37. The van der Waals surface area contributed by atoms with Gasteiger partial charge in [0, 0.05) is 33.9 Å². The van der Waals surface area contributed by atoms with Crippen molar-refractivity contribution in [1.29, 1.82) is 0 Å². The summed E-state index contributed by atoms with van der Waals surface area (Å²) in [7, 11) is 0. The molecule has 0 amide bonds. The average Bonchev–Trinajstić information content (AvgIpc) is 3.11. The van der Waals surface area contributed by atoms with E-state index in [-0.39, 0.29) is 11.9 Å². The van der Waals surface area contributed by atoms with Gasteiger partial charge in [-0.1, -0.05) is 44.0 Å². The van der Waals surface area contributed by atoms with Gasteiger partial charge in [-0.25, -0.2) is 9.67 Å². The molecule has 0 fully saturated rings. The van der Waals surface area contributed by atoms with Crippen LogP contribution in [0.3, 0.4) is 0 Å². The summed E-state index contributed by atoms with van der Waals surface area (Å²) in [6.07, 6.45) is 4.00. The first-order valence-electron chi connectivity index (χ1n) is 7.78. The van der Waals surface area contributed by atoms with Gasteiger partial charge in [-0.15, -0.1) is 0 Å². The molecule has 5 nitrogen and oxygen atoms in total. The lowest BCUT2D eigenvalue weighted by Crippen LogP contribution is -2.34. The summed E-state index contributed by atoms with van der Waals surface area (Å²) >= 11 is 12.3. The molecule has 0 radical (unpaired) electrons. The van der Waals surface area contributed by atoms with Crippen molar-refractivity contribution in [2.45, 2.75) is 45.8 Å². The fraction of sp³-hybridized carbons (Fsp3) is 0.471. The number of carbonyl (C=O) groups is 1. The average molecular weight is 368 g/mol. The lowest BCUT2D eigenvalue weighted by molar-refractivity contribution is -0.130.